The van der Waals surface area contributed by atoms with E-state index in [1.807, 2.05) is 19.1 Å². The van der Waals surface area contributed by atoms with Crippen molar-refractivity contribution in [2.45, 2.75) is 24.9 Å². The Kier molecular flexibility index (Phi) is 5.21. The summed E-state index contributed by atoms with van der Waals surface area (Å²) in [5.41, 5.74) is 2.60. The van der Waals surface area contributed by atoms with Crippen LogP contribution in [-0.2, 0) is 11.2 Å². The number of carbonyl (C=O) groups is 1. The number of fused-ring (bicyclic) bond motifs is 1. The van der Waals surface area contributed by atoms with Crippen LogP contribution in [0, 0.1) is 0 Å². The summed E-state index contributed by atoms with van der Waals surface area (Å²) < 4.78 is 8.32. The third kappa shape index (κ3) is 3.98. The Morgan fingerprint density at radius 3 is 3.08 bits per heavy atom. The normalized spacial score (nSPS) is 10.9. The standard InChI is InChI=1S/C15H15N5O2S2/c1-2-4-9-7-12(21)18-15(16-9)23-8-13(22)17-10-5-3-6-11-14(10)20-24-19-11/h3,5-7H,2,4,8H2,1H3,(H,17,22)(H,16,18,21). The minimum Gasteiger partial charge on any atom is -0.323 e. The maximum absolute atomic E-state index is 12.2. The van der Waals surface area contributed by atoms with Gasteiger partial charge in [0.15, 0.2) is 5.16 Å². The van der Waals surface area contributed by atoms with Gasteiger partial charge in [-0.3, -0.25) is 9.59 Å². The fraction of sp³-hybridized carbons (Fsp3) is 0.267. The SMILES string of the molecule is CCCc1cc(=O)[nH]c(SCC(=O)Nc2cccc3nsnc23)n1. The first-order chi connectivity index (χ1) is 11.7. The zero-order valence-corrected chi connectivity index (χ0v) is 14.5. The first kappa shape index (κ1) is 16.6. The molecular formula is C15H15N5O2S2. The topological polar surface area (TPSA) is 101 Å². The summed E-state index contributed by atoms with van der Waals surface area (Å²) in [5.74, 6) is -0.0454. The molecule has 3 aromatic rings. The number of hydrogen-bond acceptors (Lipinski definition) is 7. The minimum atomic E-state index is -0.199. The second-order valence-corrected chi connectivity index (χ2v) is 6.56. The van der Waals surface area contributed by atoms with Gasteiger partial charge in [0, 0.05) is 11.8 Å². The summed E-state index contributed by atoms with van der Waals surface area (Å²) in [6.07, 6.45) is 1.65. The number of rotatable bonds is 6. The third-order valence-electron chi connectivity index (χ3n) is 3.18. The molecule has 0 unspecified atom stereocenters. The lowest BCUT2D eigenvalue weighted by Gasteiger charge is -2.06. The lowest BCUT2D eigenvalue weighted by molar-refractivity contribution is -0.113. The first-order valence-corrected chi connectivity index (χ1v) is 9.11. The summed E-state index contributed by atoms with van der Waals surface area (Å²) in [5, 5.41) is 3.27. The van der Waals surface area contributed by atoms with E-state index in [-0.39, 0.29) is 17.2 Å². The zero-order valence-electron chi connectivity index (χ0n) is 12.9. The number of aromatic amines is 1. The van der Waals surface area contributed by atoms with Crippen LogP contribution in [0.25, 0.3) is 11.0 Å². The fourth-order valence-corrected chi connectivity index (χ4v) is 3.41. The number of amides is 1. The lowest BCUT2D eigenvalue weighted by atomic mass is 10.2. The first-order valence-electron chi connectivity index (χ1n) is 7.40. The third-order valence-corrected chi connectivity index (χ3v) is 4.60. The van der Waals surface area contributed by atoms with Gasteiger partial charge in [-0.2, -0.15) is 8.75 Å². The number of H-pyrrole nitrogens is 1. The molecule has 2 aromatic heterocycles. The molecule has 0 aliphatic rings. The van der Waals surface area contributed by atoms with Gasteiger partial charge in [0.25, 0.3) is 5.56 Å². The largest absolute Gasteiger partial charge is 0.323 e. The molecule has 0 saturated carbocycles. The molecule has 3 rings (SSSR count). The predicted octanol–water partition coefficient (Wildman–Crippen LogP) is 2.46. The number of anilines is 1. The van der Waals surface area contributed by atoms with Crippen molar-refractivity contribution in [1.29, 1.82) is 0 Å². The summed E-state index contributed by atoms with van der Waals surface area (Å²) in [6, 6.07) is 6.94. The van der Waals surface area contributed by atoms with Crippen molar-refractivity contribution < 1.29 is 4.79 Å². The van der Waals surface area contributed by atoms with Gasteiger partial charge >= 0.3 is 0 Å². The zero-order chi connectivity index (χ0) is 16.9. The molecule has 2 heterocycles. The summed E-state index contributed by atoms with van der Waals surface area (Å²) in [6.45, 7) is 2.02. The molecule has 0 fully saturated rings. The van der Waals surface area contributed by atoms with E-state index in [9.17, 15) is 9.59 Å². The average molecular weight is 361 g/mol. The molecule has 0 bridgehead atoms. The Balaban J connectivity index is 1.66. The number of thioether (sulfide) groups is 1. The van der Waals surface area contributed by atoms with Crippen LogP contribution in [0.4, 0.5) is 5.69 Å². The second kappa shape index (κ2) is 7.54. The molecule has 0 atom stereocenters. The highest BCUT2D eigenvalue weighted by Gasteiger charge is 2.10. The molecule has 24 heavy (non-hydrogen) atoms. The Morgan fingerprint density at radius 2 is 2.25 bits per heavy atom. The van der Waals surface area contributed by atoms with Crippen molar-refractivity contribution in [3.63, 3.8) is 0 Å². The molecule has 1 aromatic carbocycles. The van der Waals surface area contributed by atoms with Gasteiger partial charge in [-0.15, -0.1) is 0 Å². The van der Waals surface area contributed by atoms with Gasteiger partial charge < -0.3 is 10.3 Å². The van der Waals surface area contributed by atoms with Crippen molar-refractivity contribution in [2.24, 2.45) is 0 Å². The number of benzene rings is 1. The van der Waals surface area contributed by atoms with Crippen LogP contribution in [0.2, 0.25) is 0 Å². The van der Waals surface area contributed by atoms with Gasteiger partial charge in [0.2, 0.25) is 5.91 Å². The summed E-state index contributed by atoms with van der Waals surface area (Å²) in [4.78, 5) is 30.8. The Labute approximate surface area is 146 Å². The van der Waals surface area contributed by atoms with E-state index in [0.29, 0.717) is 16.4 Å². The monoisotopic (exact) mass is 361 g/mol. The Bertz CT molecular complexity index is 921. The highest BCUT2D eigenvalue weighted by molar-refractivity contribution is 7.99. The molecule has 1 amide bonds. The highest BCUT2D eigenvalue weighted by atomic mass is 32.2. The molecule has 0 saturated heterocycles. The van der Waals surface area contributed by atoms with Gasteiger partial charge in [-0.05, 0) is 18.6 Å². The van der Waals surface area contributed by atoms with E-state index in [4.69, 9.17) is 0 Å². The van der Waals surface area contributed by atoms with E-state index in [1.165, 1.54) is 17.8 Å². The molecule has 0 radical (unpaired) electrons. The van der Waals surface area contributed by atoms with Crippen molar-refractivity contribution in [2.75, 3.05) is 11.1 Å². The molecule has 2 N–H and O–H groups in total. The smallest absolute Gasteiger partial charge is 0.251 e. The molecule has 0 aliphatic heterocycles. The van der Waals surface area contributed by atoms with Crippen molar-refractivity contribution in [1.82, 2.24) is 18.7 Å². The fourth-order valence-electron chi connectivity index (χ4n) is 2.16. The molecule has 0 spiro atoms. The van der Waals surface area contributed by atoms with Crippen LogP contribution in [0.1, 0.15) is 19.0 Å². The molecule has 0 aliphatic carbocycles. The van der Waals surface area contributed by atoms with E-state index < -0.39 is 0 Å². The minimum absolute atomic E-state index is 0.145. The van der Waals surface area contributed by atoms with Crippen molar-refractivity contribution in [3.05, 3.63) is 40.3 Å². The van der Waals surface area contributed by atoms with Gasteiger partial charge in [0.1, 0.15) is 11.0 Å². The Hall–Kier alpha value is -2.26. The number of carbonyl (C=O) groups excluding carboxylic acids is 1. The number of aromatic nitrogens is 4. The number of aryl methyl sites for hydroxylation is 1. The maximum Gasteiger partial charge on any atom is 0.251 e. The summed E-state index contributed by atoms with van der Waals surface area (Å²) >= 11 is 2.30. The van der Waals surface area contributed by atoms with Gasteiger partial charge in [-0.25, -0.2) is 4.98 Å². The molecular weight excluding hydrogens is 346 g/mol. The quantitative estimate of drug-likeness (QED) is 0.517. The number of hydrogen-bond donors (Lipinski definition) is 2. The van der Waals surface area contributed by atoms with Gasteiger partial charge in [0.05, 0.1) is 23.2 Å². The van der Waals surface area contributed by atoms with Crippen molar-refractivity contribution >= 4 is 46.1 Å². The summed E-state index contributed by atoms with van der Waals surface area (Å²) in [7, 11) is 0. The average Bonchev–Trinajstić information content (AvgIpc) is 3.02. The predicted molar refractivity (Wildman–Crippen MR) is 95.6 cm³/mol. The lowest BCUT2D eigenvalue weighted by Crippen LogP contribution is -2.16. The van der Waals surface area contributed by atoms with E-state index in [0.717, 1.165) is 35.8 Å². The van der Waals surface area contributed by atoms with Crippen LogP contribution < -0.4 is 10.9 Å². The van der Waals surface area contributed by atoms with Crippen LogP contribution in [0.3, 0.4) is 0 Å². The number of nitrogens with zero attached hydrogens (tertiary/aromatic N) is 3. The van der Waals surface area contributed by atoms with Gasteiger partial charge in [-0.1, -0.05) is 31.2 Å². The maximum atomic E-state index is 12.2. The molecule has 7 nitrogen and oxygen atoms in total. The molecule has 124 valence electrons. The van der Waals surface area contributed by atoms with E-state index in [2.05, 4.69) is 24.0 Å². The van der Waals surface area contributed by atoms with Crippen LogP contribution in [0.15, 0.2) is 34.2 Å². The van der Waals surface area contributed by atoms with Crippen LogP contribution >= 0.6 is 23.5 Å². The Morgan fingerprint density at radius 1 is 1.38 bits per heavy atom. The highest BCUT2D eigenvalue weighted by Crippen LogP contribution is 2.21. The van der Waals surface area contributed by atoms with E-state index >= 15 is 0 Å². The van der Waals surface area contributed by atoms with Crippen LogP contribution in [-0.4, -0.2) is 30.4 Å². The van der Waals surface area contributed by atoms with Crippen molar-refractivity contribution in [3.8, 4) is 0 Å². The second-order valence-electron chi connectivity index (χ2n) is 5.07. The van der Waals surface area contributed by atoms with Crippen LogP contribution in [0.5, 0.6) is 0 Å². The molecule has 9 heteroatoms. The number of nitrogens with one attached hydrogen (secondary N) is 2. The van der Waals surface area contributed by atoms with E-state index in [1.54, 1.807) is 6.07 Å².